The van der Waals surface area contributed by atoms with Crippen molar-refractivity contribution in [3.63, 3.8) is 0 Å². The SMILES string of the molecule is CC(C)CCCCCCC1(Cc2ccccc2)CCCCC1. The van der Waals surface area contributed by atoms with E-state index >= 15 is 0 Å². The fourth-order valence-corrected chi connectivity index (χ4v) is 4.25. The number of benzene rings is 1. The van der Waals surface area contributed by atoms with Crippen molar-refractivity contribution in [1.29, 1.82) is 0 Å². The van der Waals surface area contributed by atoms with E-state index in [0.29, 0.717) is 5.41 Å². The number of rotatable bonds is 9. The van der Waals surface area contributed by atoms with E-state index in [-0.39, 0.29) is 0 Å². The zero-order valence-corrected chi connectivity index (χ0v) is 14.9. The molecule has 124 valence electrons. The number of unbranched alkanes of at least 4 members (excludes halogenated alkanes) is 3. The van der Waals surface area contributed by atoms with Crippen LogP contribution in [0.5, 0.6) is 0 Å². The van der Waals surface area contributed by atoms with Crippen molar-refractivity contribution in [1.82, 2.24) is 0 Å². The van der Waals surface area contributed by atoms with E-state index in [4.69, 9.17) is 0 Å². The Balaban J connectivity index is 1.79. The fourth-order valence-electron chi connectivity index (χ4n) is 4.25. The number of hydrogen-bond donors (Lipinski definition) is 0. The van der Waals surface area contributed by atoms with E-state index in [1.54, 1.807) is 5.56 Å². The van der Waals surface area contributed by atoms with Gasteiger partial charge in [-0.3, -0.25) is 0 Å². The van der Waals surface area contributed by atoms with Crippen molar-refractivity contribution in [3.8, 4) is 0 Å². The second-order valence-electron chi connectivity index (χ2n) is 8.07. The highest BCUT2D eigenvalue weighted by atomic mass is 14.4. The van der Waals surface area contributed by atoms with Gasteiger partial charge in [-0.2, -0.15) is 0 Å². The molecule has 0 aromatic heterocycles. The lowest BCUT2D eigenvalue weighted by molar-refractivity contribution is 0.165. The van der Waals surface area contributed by atoms with Crippen LogP contribution in [-0.4, -0.2) is 0 Å². The van der Waals surface area contributed by atoms with Gasteiger partial charge in [0, 0.05) is 0 Å². The molecule has 0 saturated heterocycles. The normalized spacial score (nSPS) is 17.8. The third-order valence-corrected chi connectivity index (χ3v) is 5.57. The predicted molar refractivity (Wildman–Crippen MR) is 98.2 cm³/mol. The Morgan fingerprint density at radius 2 is 1.55 bits per heavy atom. The molecule has 1 aromatic rings. The molecule has 0 bridgehead atoms. The average Bonchev–Trinajstić information content (AvgIpc) is 2.52. The molecule has 0 aliphatic heterocycles. The Labute approximate surface area is 138 Å². The van der Waals surface area contributed by atoms with Gasteiger partial charge < -0.3 is 0 Å². The molecular formula is C22H36. The summed E-state index contributed by atoms with van der Waals surface area (Å²) < 4.78 is 0. The van der Waals surface area contributed by atoms with Crippen LogP contribution in [0.3, 0.4) is 0 Å². The van der Waals surface area contributed by atoms with Crippen LogP contribution in [-0.2, 0) is 6.42 Å². The minimum Gasteiger partial charge on any atom is -0.0628 e. The Morgan fingerprint density at radius 3 is 2.23 bits per heavy atom. The van der Waals surface area contributed by atoms with Gasteiger partial charge in [-0.25, -0.2) is 0 Å². The highest BCUT2D eigenvalue weighted by Crippen LogP contribution is 2.43. The van der Waals surface area contributed by atoms with Gasteiger partial charge in [0.1, 0.15) is 0 Å². The van der Waals surface area contributed by atoms with Crippen LogP contribution in [0.2, 0.25) is 0 Å². The second-order valence-corrected chi connectivity index (χ2v) is 8.07. The average molecular weight is 301 g/mol. The molecule has 0 amide bonds. The van der Waals surface area contributed by atoms with Gasteiger partial charge in [0.15, 0.2) is 0 Å². The molecule has 0 spiro atoms. The summed E-state index contributed by atoms with van der Waals surface area (Å²) in [6, 6.07) is 11.2. The maximum absolute atomic E-state index is 2.34. The molecule has 2 rings (SSSR count). The standard InChI is InChI=1S/C22H36/c1-20(2)13-7-3-4-10-16-22(17-11-6-12-18-22)19-21-14-8-5-9-15-21/h5,8-9,14-15,20H,3-4,6-7,10-13,16-19H2,1-2H3. The summed E-state index contributed by atoms with van der Waals surface area (Å²) in [6.45, 7) is 4.69. The highest BCUT2D eigenvalue weighted by Gasteiger charge is 2.31. The third kappa shape index (κ3) is 6.15. The van der Waals surface area contributed by atoms with Crippen molar-refractivity contribution in [2.45, 2.75) is 90.9 Å². The molecule has 0 N–H and O–H groups in total. The summed E-state index contributed by atoms with van der Waals surface area (Å²) in [7, 11) is 0. The largest absolute Gasteiger partial charge is 0.0628 e. The van der Waals surface area contributed by atoms with Crippen LogP contribution < -0.4 is 0 Å². The molecule has 1 aliphatic rings. The van der Waals surface area contributed by atoms with Gasteiger partial charge in [-0.1, -0.05) is 95.5 Å². The molecule has 0 heterocycles. The fraction of sp³-hybridized carbons (Fsp3) is 0.727. The van der Waals surface area contributed by atoms with Crippen LogP contribution in [0.25, 0.3) is 0 Å². The van der Waals surface area contributed by atoms with Crippen molar-refractivity contribution in [2.75, 3.05) is 0 Å². The van der Waals surface area contributed by atoms with Crippen LogP contribution in [0.15, 0.2) is 30.3 Å². The maximum atomic E-state index is 2.34. The van der Waals surface area contributed by atoms with Gasteiger partial charge in [0.05, 0.1) is 0 Å². The lowest BCUT2D eigenvalue weighted by Gasteiger charge is -2.38. The molecule has 0 atom stereocenters. The first-order valence-electron chi connectivity index (χ1n) is 9.74. The Hall–Kier alpha value is -0.780. The maximum Gasteiger partial charge on any atom is -0.0222 e. The van der Waals surface area contributed by atoms with Crippen molar-refractivity contribution in [2.24, 2.45) is 11.3 Å². The Morgan fingerprint density at radius 1 is 0.864 bits per heavy atom. The number of hydrogen-bond acceptors (Lipinski definition) is 0. The zero-order chi connectivity index (χ0) is 15.7. The first-order chi connectivity index (χ1) is 10.7. The molecule has 1 aliphatic carbocycles. The van der Waals surface area contributed by atoms with E-state index in [9.17, 15) is 0 Å². The summed E-state index contributed by atoms with van der Waals surface area (Å²) in [4.78, 5) is 0. The molecule has 0 radical (unpaired) electrons. The van der Waals surface area contributed by atoms with E-state index in [2.05, 4.69) is 44.2 Å². The summed E-state index contributed by atoms with van der Waals surface area (Å²) in [5, 5.41) is 0. The molecule has 22 heavy (non-hydrogen) atoms. The Kier molecular flexibility index (Phi) is 7.49. The molecular weight excluding hydrogens is 264 g/mol. The minimum atomic E-state index is 0.623. The topological polar surface area (TPSA) is 0 Å². The molecule has 0 heteroatoms. The van der Waals surface area contributed by atoms with E-state index in [1.807, 2.05) is 0 Å². The second kappa shape index (κ2) is 9.38. The van der Waals surface area contributed by atoms with Crippen LogP contribution >= 0.6 is 0 Å². The first kappa shape index (κ1) is 17.6. The lowest BCUT2D eigenvalue weighted by Crippen LogP contribution is -2.26. The van der Waals surface area contributed by atoms with Crippen LogP contribution in [0.4, 0.5) is 0 Å². The van der Waals surface area contributed by atoms with Crippen molar-refractivity contribution in [3.05, 3.63) is 35.9 Å². The van der Waals surface area contributed by atoms with Gasteiger partial charge >= 0.3 is 0 Å². The van der Waals surface area contributed by atoms with Crippen LogP contribution in [0, 0.1) is 11.3 Å². The molecule has 1 saturated carbocycles. The first-order valence-corrected chi connectivity index (χ1v) is 9.74. The summed E-state index contributed by atoms with van der Waals surface area (Å²) in [6.07, 6.45) is 17.3. The zero-order valence-electron chi connectivity index (χ0n) is 14.9. The summed E-state index contributed by atoms with van der Waals surface area (Å²) in [5.74, 6) is 0.878. The molecule has 0 nitrogen and oxygen atoms in total. The molecule has 1 aromatic carbocycles. The van der Waals surface area contributed by atoms with Crippen LogP contribution in [0.1, 0.15) is 90.0 Å². The Bertz CT molecular complexity index is 384. The van der Waals surface area contributed by atoms with Gasteiger partial charge in [0.2, 0.25) is 0 Å². The van der Waals surface area contributed by atoms with E-state index < -0.39 is 0 Å². The summed E-state index contributed by atoms with van der Waals surface area (Å²) in [5.41, 5.74) is 2.18. The monoisotopic (exact) mass is 300 g/mol. The highest BCUT2D eigenvalue weighted by molar-refractivity contribution is 5.16. The lowest BCUT2D eigenvalue weighted by atomic mass is 9.67. The summed E-state index contributed by atoms with van der Waals surface area (Å²) >= 11 is 0. The smallest absolute Gasteiger partial charge is 0.0222 e. The van der Waals surface area contributed by atoms with E-state index in [0.717, 1.165) is 5.92 Å². The van der Waals surface area contributed by atoms with Gasteiger partial charge in [-0.15, -0.1) is 0 Å². The quantitative estimate of drug-likeness (QED) is 0.424. The van der Waals surface area contributed by atoms with Gasteiger partial charge in [-0.05, 0) is 42.6 Å². The van der Waals surface area contributed by atoms with Crippen molar-refractivity contribution >= 4 is 0 Å². The molecule has 1 fully saturated rings. The van der Waals surface area contributed by atoms with E-state index in [1.165, 1.54) is 77.0 Å². The van der Waals surface area contributed by atoms with Crippen molar-refractivity contribution < 1.29 is 0 Å². The predicted octanol–water partition coefficient (Wildman–Crippen LogP) is 7.18. The third-order valence-electron chi connectivity index (χ3n) is 5.57. The minimum absolute atomic E-state index is 0.623. The molecule has 0 unspecified atom stereocenters. The van der Waals surface area contributed by atoms with Gasteiger partial charge in [0.25, 0.3) is 0 Å².